The van der Waals surface area contributed by atoms with Gasteiger partial charge in [0.15, 0.2) is 0 Å². The lowest BCUT2D eigenvalue weighted by molar-refractivity contribution is -0.181. The van der Waals surface area contributed by atoms with Crippen LogP contribution in [0.4, 0.5) is 0 Å². The third-order valence-electron chi connectivity index (χ3n) is 39.1. The largest absolute Gasteiger partial charge is 0.396 e. The molecule has 16 rings (SSSR count). The van der Waals surface area contributed by atoms with Gasteiger partial charge in [-0.15, -0.1) is 8.58 Å². The molecule has 16 fully saturated rings. The molecule has 0 bridgehead atoms. The summed E-state index contributed by atoms with van der Waals surface area (Å²) in [6.07, 6.45) is 46.9. The molecule has 14 nitrogen and oxygen atoms in total. The number of halogens is 1. The molecule has 0 amide bonds. The van der Waals surface area contributed by atoms with Gasteiger partial charge < -0.3 is 63.8 Å². The molecule has 0 saturated heterocycles. The summed E-state index contributed by atoms with van der Waals surface area (Å²) in [4.78, 5) is 12.4. The van der Waals surface area contributed by atoms with Gasteiger partial charge in [0.2, 0.25) is 0 Å². The lowest BCUT2D eigenvalue weighted by atomic mass is 9.43. The first-order valence-corrected chi connectivity index (χ1v) is 52.0. The van der Waals surface area contributed by atoms with Crippen LogP contribution >= 0.6 is 24.5 Å². The van der Waals surface area contributed by atoms with Crippen molar-refractivity contribution >= 4 is 30.3 Å². The van der Waals surface area contributed by atoms with Crippen LogP contribution in [0.25, 0.3) is 0 Å². The fourth-order valence-corrected chi connectivity index (χ4v) is 33.8. The van der Waals surface area contributed by atoms with Gasteiger partial charge in [0, 0.05) is 46.3 Å². The Morgan fingerprint density at radius 3 is 1.03 bits per heavy atom. The first-order valence-electron chi connectivity index (χ1n) is 48.9. The van der Waals surface area contributed by atoms with Crippen molar-refractivity contribution in [2.24, 2.45) is 150 Å². The molecule has 0 aliphatic heterocycles. The Morgan fingerprint density at radius 1 is 0.407 bits per heavy atom. The average molecular weight is 1820 g/mol. The normalized spacial score (nSPS) is 46.2. The Kier molecular flexibility index (Phi) is 41.8. The Hall–Kier alpha value is -0.460. The number of ketones is 1. The monoisotopic (exact) mass is 1820 g/mol. The highest BCUT2D eigenvalue weighted by atomic mass is 79.9. The molecule has 6 N–H and O–H groups in total. The second kappa shape index (κ2) is 46.2. The summed E-state index contributed by atoms with van der Waals surface area (Å²) in [6, 6.07) is 0. The van der Waals surface area contributed by atoms with Gasteiger partial charge in [-0.1, -0.05) is 104 Å². The molecule has 16 heteroatoms. The van der Waals surface area contributed by atoms with Gasteiger partial charge >= 0.3 is 0 Å². The third-order valence-corrected chi connectivity index (χ3v) is 39.5. The number of hydrogen-bond donors (Lipinski definition) is 6. The zero-order valence-corrected chi connectivity index (χ0v) is 81.0. The van der Waals surface area contributed by atoms with Gasteiger partial charge in [0.25, 0.3) is 0 Å². The highest BCUT2D eigenvalue weighted by Gasteiger charge is 2.68. The van der Waals surface area contributed by atoms with E-state index in [-0.39, 0.29) is 76.2 Å². The average Bonchev–Trinajstić information content (AvgIpc) is 1.71. The van der Waals surface area contributed by atoms with Crippen molar-refractivity contribution in [2.75, 3.05) is 120 Å². The molecule has 16 saturated carbocycles. The summed E-state index contributed by atoms with van der Waals surface area (Å²) in [5.74, 6) is 12.6. The molecule has 0 aromatic heterocycles. The number of rotatable bonds is 20. The minimum Gasteiger partial charge on any atom is -0.396 e. The van der Waals surface area contributed by atoms with Crippen molar-refractivity contribution in [1.29, 1.82) is 0 Å². The van der Waals surface area contributed by atoms with Crippen molar-refractivity contribution in [3.63, 3.8) is 0 Å². The van der Waals surface area contributed by atoms with E-state index in [1.807, 2.05) is 34.6 Å². The van der Waals surface area contributed by atoms with E-state index < -0.39 is 22.4 Å². The number of carbonyl (C=O) groups is 1. The van der Waals surface area contributed by atoms with Crippen molar-refractivity contribution in [1.82, 2.24) is 0 Å². The van der Waals surface area contributed by atoms with E-state index >= 15 is 0 Å². The molecule has 16 aliphatic carbocycles. The minimum atomic E-state index is -0.524. The zero-order valence-electron chi connectivity index (χ0n) is 78.4. The molecule has 123 heavy (non-hydrogen) atoms. The lowest BCUT2D eigenvalue weighted by Gasteiger charge is -2.62. The number of allylic oxidation sites excluding steroid dienone is 4. The predicted molar refractivity (Wildman–Crippen MR) is 518 cm³/mol. The Morgan fingerprint density at radius 2 is 0.715 bits per heavy atom. The van der Waals surface area contributed by atoms with Gasteiger partial charge in [0.05, 0.1) is 94.6 Å². The van der Waals surface area contributed by atoms with E-state index in [1.54, 1.807) is 39.6 Å². The van der Waals surface area contributed by atoms with Gasteiger partial charge in [0.1, 0.15) is 5.78 Å². The van der Waals surface area contributed by atoms with Crippen molar-refractivity contribution in [2.45, 2.75) is 380 Å². The predicted octanol–water partition coefficient (Wildman–Crippen LogP) is 24.2. The van der Waals surface area contributed by atoms with Crippen molar-refractivity contribution < 1.29 is 68.6 Å². The van der Waals surface area contributed by atoms with E-state index in [1.165, 1.54) is 148 Å². The highest BCUT2D eigenvalue weighted by Crippen LogP contribution is 2.74. The van der Waals surface area contributed by atoms with E-state index in [0.717, 1.165) is 171 Å². The van der Waals surface area contributed by atoms with Crippen LogP contribution in [0, 0.1) is 150 Å². The smallest absolute Gasteiger partial charge is 0.133 e. The van der Waals surface area contributed by atoms with Gasteiger partial charge in [-0.05, 0) is 444 Å². The number of hydrogen-bond acceptors (Lipinski definition) is 14. The van der Waals surface area contributed by atoms with Gasteiger partial charge in [-0.2, -0.15) is 0 Å². The summed E-state index contributed by atoms with van der Waals surface area (Å²) < 4.78 is 39.0. The fourth-order valence-electron chi connectivity index (χ4n) is 33.5. The molecule has 0 heterocycles. The second-order valence-corrected chi connectivity index (χ2v) is 47.0. The first-order chi connectivity index (χ1) is 56.0. The van der Waals surface area contributed by atoms with E-state index in [0.29, 0.717) is 122 Å². The van der Waals surface area contributed by atoms with E-state index in [2.05, 4.69) is 94.6 Å². The molecule has 0 spiro atoms. The molecule has 1 unspecified atom stereocenters. The zero-order chi connectivity index (χ0) is 85.7. The van der Waals surface area contributed by atoms with Crippen LogP contribution < -0.4 is 0 Å². The van der Waals surface area contributed by atoms with Crippen LogP contribution in [0.2, 0.25) is 0 Å². The van der Waals surface area contributed by atoms with Crippen LogP contribution in [0.15, 0.2) is 23.3 Å². The molecule has 0 aromatic carbocycles. The maximum atomic E-state index is 12.4. The Labute approximate surface area is 767 Å². The van der Waals surface area contributed by atoms with E-state index in [9.17, 15) is 35.4 Å². The van der Waals surface area contributed by atoms with Crippen LogP contribution in [0.1, 0.15) is 351 Å². The fraction of sp³-hybridized carbons (Fsp3) is 0.953. The summed E-state index contributed by atoms with van der Waals surface area (Å²) in [6.45, 7) is 38.4. The summed E-state index contributed by atoms with van der Waals surface area (Å²) in [5, 5.41) is 65.0. The summed E-state index contributed by atoms with van der Waals surface area (Å²) in [5.41, 5.74) is 3.60. The van der Waals surface area contributed by atoms with Crippen LogP contribution in [0.3, 0.4) is 0 Å². The van der Waals surface area contributed by atoms with Crippen molar-refractivity contribution in [3.8, 4) is 0 Å². The number of ether oxygens (including phenoxy) is 7. The number of fused-ring (bicyclic) bond motifs is 20. The third kappa shape index (κ3) is 22.5. The quantitative estimate of drug-likeness (QED) is 0.0291. The molecule has 16 aliphatic rings. The number of Topliss-reactive ketones (excluding diaryl/α,β-unsaturated/α-hetero) is 1. The maximum Gasteiger partial charge on any atom is 0.133 e. The first kappa shape index (κ1) is 111. The van der Waals surface area contributed by atoms with Crippen molar-refractivity contribution in [3.05, 3.63) is 23.3 Å². The van der Waals surface area contributed by atoms with E-state index in [4.69, 9.17) is 28.4 Å². The Balaban J connectivity index is 0.000000243. The Bertz CT molecular complexity index is 3230. The molecule has 0 aromatic rings. The lowest BCUT2D eigenvalue weighted by Crippen LogP contribution is -2.58. The molecular formula is C107H198BrO14P. The van der Waals surface area contributed by atoms with Gasteiger partial charge in [-0.25, -0.2) is 0 Å². The molecule has 722 valence electrons. The summed E-state index contributed by atoms with van der Waals surface area (Å²) >= 11 is 3.18. The number of methoxy groups -OCH3 is 4. The molecular weight excluding hydrogens is 1620 g/mol. The number of alkyl halides is 1. The minimum absolute atomic E-state index is 0. The number of aliphatic hydroxyl groups is 6. The topological polar surface area (TPSA) is 203 Å². The number of aliphatic hydroxyl groups excluding tert-OH is 2. The number of carbonyl (C=O) groups excluding carboxylic acids is 1. The highest BCUT2D eigenvalue weighted by molar-refractivity contribution is 9.09. The maximum absolute atomic E-state index is 12.4. The van der Waals surface area contributed by atoms with Crippen LogP contribution in [0.5, 0.6) is 0 Å². The van der Waals surface area contributed by atoms with Crippen LogP contribution in [-0.2, 0) is 38.0 Å². The van der Waals surface area contributed by atoms with Crippen LogP contribution in [-0.4, -0.2) is 185 Å². The standard InChI is InChI=1S/C25H44O4.C25H42O4.C25H42O3.C22H36O2.C3H7BrO.C2H7P.5CH4/c2*1-17(26)20-7-8-21-19-6-5-18-15-23(2,27)11-12-25(18,16-29-14-13-28-4)22(19)9-10-24(20,21)3;1-5-18-7-9-21-20-8-6-19-16-23(2,26)12-13-25(19,17-28-15-14-27-4)22(20)10-11-24(18,21)3;1-4-15-6-8-18-17-7-5-16-13-20(2,24)11-12-22(16,14-23)19(17)9-10-21(15,18)3;1-5-3-2-4;1-3-2;;;;;/h17-22,26-27H,5-16H2,1-4H3;18-22,27H,5-16H2,1-4H3;5,19-22,26H,6-17H2,1-4H3;4,16-19,23-24H,5-14H2,1-3H3;2-3H2,1H3;3H,1-2H3;5*1H4/b;;18-5-;15-4-;;;;;;;/t17?,18-,19-,20+,21-,22-,23+,24+,25+;18-,19-,20+,21-,22-,23+,24+,25+;19-,20-,21-,22-,23+,24+,25+;16-,17-,18-,19-,20+,21+,22+;;;;;;;/m0000......./s1. The molecule has 31 atom stereocenters. The molecule has 0 radical (unpaired) electrons. The second-order valence-electron chi connectivity index (χ2n) is 45.2. The SMILES string of the molecule is C.C.C.C.C.C/C=C1/CC[C@H]2[C@@H]3CC[C@H]4C[C@](C)(O)CC[C@]4(CO)[C@H]3CC[C@]12C.C/C=C1/CC[C@H]2[C@@H]3CC[C@H]4C[C@](C)(O)CC[C@]4(COCCOC)[C@H]3CC[C@]12C.COCCBr.COCCOC[C@]12CC[C@@](C)(O)C[C@@H]1CC[C@H]1[C@@H]3CC[C@H](C(C)=O)[C@@]3(C)CC[C@@H]12.COCCOC[C@]12CC[C@@](C)(O)C[C@@H]1CC[C@H]1[C@@H]3CC[C@H](C(C)O)[C@@]3(C)CC[C@@H]12.CPC. The summed E-state index contributed by atoms with van der Waals surface area (Å²) in [7, 11) is 7.98. The van der Waals surface area contributed by atoms with Gasteiger partial charge in [-0.3, -0.25) is 4.79 Å².